The predicted molar refractivity (Wildman–Crippen MR) is 131 cm³/mol. The highest BCUT2D eigenvalue weighted by Gasteiger charge is 2.14. The van der Waals surface area contributed by atoms with E-state index in [0.717, 1.165) is 18.2 Å². The first-order valence-corrected chi connectivity index (χ1v) is 10.8. The highest BCUT2D eigenvalue weighted by atomic mass is 19.1. The minimum atomic E-state index is -0.973. The summed E-state index contributed by atoms with van der Waals surface area (Å²) in [6.45, 7) is 8.07. The van der Waals surface area contributed by atoms with Crippen molar-refractivity contribution in [3.05, 3.63) is 89.7 Å². The number of benzene rings is 3. The quantitative estimate of drug-likeness (QED) is 0.205. The number of aromatic nitrogens is 1. The van der Waals surface area contributed by atoms with Crippen LogP contribution < -0.4 is 20.1 Å². The SMILES string of the molecule is [C-]#[N+]c1cc2c(Oc3ccc(NC(=O)Nc4ccc(F)cc4F)c(F)c3)ccnc2cc1OCCOC. The third-order valence-electron chi connectivity index (χ3n) is 5.04. The maximum absolute atomic E-state index is 14.7. The Morgan fingerprint density at radius 3 is 2.35 bits per heavy atom. The second kappa shape index (κ2) is 11.3. The normalized spacial score (nSPS) is 10.6. The minimum Gasteiger partial charge on any atom is -0.502 e. The number of ether oxygens (including phenoxy) is 3. The number of nitrogens with one attached hydrogen (secondary N) is 2. The molecular weight excluding hydrogens is 489 g/mol. The Morgan fingerprint density at radius 1 is 0.946 bits per heavy atom. The van der Waals surface area contributed by atoms with Gasteiger partial charge in [0.15, 0.2) is 0 Å². The van der Waals surface area contributed by atoms with Crippen LogP contribution in [0.2, 0.25) is 0 Å². The third kappa shape index (κ3) is 6.06. The summed E-state index contributed by atoms with van der Waals surface area (Å²) in [5.41, 5.74) is 0.284. The topological polar surface area (TPSA) is 86.1 Å². The monoisotopic (exact) mass is 508 g/mol. The fourth-order valence-corrected chi connectivity index (χ4v) is 3.32. The zero-order valence-corrected chi connectivity index (χ0v) is 19.3. The number of rotatable bonds is 8. The molecule has 1 aromatic heterocycles. The first-order valence-electron chi connectivity index (χ1n) is 10.8. The number of fused-ring (bicyclic) bond motifs is 1. The van der Waals surface area contributed by atoms with Crippen molar-refractivity contribution in [3.63, 3.8) is 0 Å². The summed E-state index contributed by atoms with van der Waals surface area (Å²) in [6, 6.07) is 10.2. The van der Waals surface area contributed by atoms with Crippen molar-refractivity contribution in [1.29, 1.82) is 0 Å². The van der Waals surface area contributed by atoms with Crippen molar-refractivity contribution in [2.45, 2.75) is 0 Å². The average Bonchev–Trinajstić information content (AvgIpc) is 2.87. The van der Waals surface area contributed by atoms with Crippen molar-refractivity contribution in [3.8, 4) is 17.2 Å². The molecule has 0 aliphatic carbocycles. The Labute approximate surface area is 209 Å². The molecule has 11 heteroatoms. The first-order chi connectivity index (χ1) is 17.9. The van der Waals surface area contributed by atoms with Crippen molar-refractivity contribution in [2.75, 3.05) is 31.0 Å². The van der Waals surface area contributed by atoms with E-state index < -0.39 is 23.5 Å². The lowest BCUT2D eigenvalue weighted by Crippen LogP contribution is -2.20. The van der Waals surface area contributed by atoms with Crippen molar-refractivity contribution >= 4 is 34.0 Å². The molecule has 0 atom stereocenters. The van der Waals surface area contributed by atoms with Gasteiger partial charge in [0.1, 0.15) is 41.3 Å². The van der Waals surface area contributed by atoms with E-state index in [4.69, 9.17) is 20.8 Å². The lowest BCUT2D eigenvalue weighted by atomic mass is 10.1. The zero-order valence-electron chi connectivity index (χ0n) is 19.3. The van der Waals surface area contributed by atoms with Crippen LogP contribution in [0, 0.1) is 24.0 Å². The lowest BCUT2D eigenvalue weighted by molar-refractivity contribution is 0.147. The molecule has 0 aliphatic rings. The van der Waals surface area contributed by atoms with E-state index in [0.29, 0.717) is 35.1 Å². The van der Waals surface area contributed by atoms with Gasteiger partial charge >= 0.3 is 6.03 Å². The van der Waals surface area contributed by atoms with Crippen LogP contribution in [0.15, 0.2) is 60.8 Å². The molecule has 188 valence electrons. The van der Waals surface area contributed by atoms with E-state index in [1.54, 1.807) is 25.3 Å². The number of methoxy groups -OCH3 is 1. The molecule has 2 N–H and O–H groups in total. The van der Waals surface area contributed by atoms with Gasteiger partial charge in [0, 0.05) is 30.8 Å². The van der Waals surface area contributed by atoms with E-state index in [2.05, 4.69) is 20.5 Å². The maximum atomic E-state index is 14.7. The molecule has 0 bridgehead atoms. The summed E-state index contributed by atoms with van der Waals surface area (Å²) in [5, 5.41) is 4.95. The number of carbonyl (C=O) groups is 1. The number of hydrogen-bond donors (Lipinski definition) is 2. The number of hydrogen-bond acceptors (Lipinski definition) is 5. The molecule has 0 radical (unpaired) electrons. The average molecular weight is 508 g/mol. The molecule has 4 rings (SSSR count). The van der Waals surface area contributed by atoms with Crippen molar-refractivity contribution in [2.24, 2.45) is 0 Å². The molecular formula is C26H19F3N4O4. The van der Waals surface area contributed by atoms with Crippen LogP contribution in [0.5, 0.6) is 17.2 Å². The summed E-state index contributed by atoms with van der Waals surface area (Å²) >= 11 is 0. The van der Waals surface area contributed by atoms with Gasteiger partial charge in [-0.15, -0.1) is 0 Å². The number of carbonyl (C=O) groups excluding carboxylic acids is 1. The van der Waals surface area contributed by atoms with Gasteiger partial charge in [0.05, 0.1) is 30.1 Å². The number of pyridine rings is 1. The summed E-state index contributed by atoms with van der Waals surface area (Å²) in [7, 11) is 1.54. The van der Waals surface area contributed by atoms with Gasteiger partial charge in [0.2, 0.25) is 5.69 Å². The molecule has 8 nitrogen and oxygen atoms in total. The van der Waals surface area contributed by atoms with Crippen molar-refractivity contribution in [1.82, 2.24) is 4.98 Å². The first kappa shape index (κ1) is 25.3. The van der Waals surface area contributed by atoms with Gasteiger partial charge in [0.25, 0.3) is 0 Å². The number of amides is 2. The number of anilines is 2. The Balaban J connectivity index is 1.51. The fourth-order valence-electron chi connectivity index (χ4n) is 3.32. The summed E-state index contributed by atoms with van der Waals surface area (Å²) in [5.74, 6) is -1.80. The molecule has 37 heavy (non-hydrogen) atoms. The van der Waals surface area contributed by atoms with Gasteiger partial charge in [-0.05, 0) is 42.5 Å². The van der Waals surface area contributed by atoms with Gasteiger partial charge in [-0.2, -0.15) is 0 Å². The van der Waals surface area contributed by atoms with Crippen LogP contribution in [-0.2, 0) is 4.74 Å². The van der Waals surface area contributed by atoms with E-state index in [9.17, 15) is 18.0 Å². The second-order valence-electron chi connectivity index (χ2n) is 7.55. The van der Waals surface area contributed by atoms with Crippen molar-refractivity contribution < 1.29 is 32.2 Å². The van der Waals surface area contributed by atoms with Crippen LogP contribution >= 0.6 is 0 Å². The van der Waals surface area contributed by atoms with Crippen LogP contribution in [-0.4, -0.2) is 31.3 Å². The highest BCUT2D eigenvalue weighted by Crippen LogP contribution is 2.37. The molecule has 0 fully saturated rings. The molecule has 0 spiro atoms. The van der Waals surface area contributed by atoms with Gasteiger partial charge in [-0.25, -0.2) is 22.8 Å². The molecule has 1 heterocycles. The Hall–Kier alpha value is -4.82. The molecule has 3 aromatic carbocycles. The van der Waals surface area contributed by atoms with Gasteiger partial charge < -0.3 is 24.8 Å². The van der Waals surface area contributed by atoms with Crippen LogP contribution in [0.1, 0.15) is 0 Å². The Bertz CT molecular complexity index is 1510. The van der Waals surface area contributed by atoms with E-state index >= 15 is 0 Å². The maximum Gasteiger partial charge on any atom is 0.323 e. The standard InChI is InChI=1S/C26H19F3N4O4/c1-30-23-13-17-22(14-25(23)36-10-9-35-2)31-8-7-24(17)37-16-4-6-21(19(29)12-16)33-26(34)32-20-5-3-15(27)11-18(20)28/h3-8,11-14H,9-10H2,2H3,(H2,32,33,34). The van der Waals surface area contributed by atoms with Crippen LogP contribution in [0.4, 0.5) is 35.0 Å². The molecule has 0 aliphatic heterocycles. The Morgan fingerprint density at radius 2 is 1.68 bits per heavy atom. The minimum absolute atomic E-state index is 0.116. The number of urea groups is 1. The largest absolute Gasteiger partial charge is 0.502 e. The smallest absolute Gasteiger partial charge is 0.323 e. The summed E-state index contributed by atoms with van der Waals surface area (Å²) < 4.78 is 57.8. The third-order valence-corrected chi connectivity index (χ3v) is 5.04. The number of halogens is 3. The van der Waals surface area contributed by atoms with Crippen LogP contribution in [0.25, 0.3) is 15.7 Å². The highest BCUT2D eigenvalue weighted by molar-refractivity contribution is 6.00. The van der Waals surface area contributed by atoms with E-state index in [1.165, 1.54) is 18.3 Å². The summed E-state index contributed by atoms with van der Waals surface area (Å²) in [4.78, 5) is 19.9. The predicted octanol–water partition coefficient (Wildman–Crippen LogP) is 6.66. The van der Waals surface area contributed by atoms with E-state index in [-0.39, 0.29) is 29.4 Å². The molecule has 4 aromatic rings. The second-order valence-corrected chi connectivity index (χ2v) is 7.55. The van der Waals surface area contributed by atoms with Gasteiger partial charge in [-0.3, -0.25) is 4.98 Å². The van der Waals surface area contributed by atoms with E-state index in [1.807, 2.05) is 0 Å². The molecule has 0 saturated carbocycles. The molecule has 0 unspecified atom stereocenters. The molecule has 0 saturated heterocycles. The molecule has 2 amide bonds. The lowest BCUT2D eigenvalue weighted by Gasteiger charge is -2.13. The van der Waals surface area contributed by atoms with Crippen LogP contribution in [0.3, 0.4) is 0 Å². The summed E-state index contributed by atoms with van der Waals surface area (Å²) in [6.07, 6.45) is 1.50. The fraction of sp³-hybridized carbons (Fsp3) is 0.115. The number of nitrogens with zero attached hydrogens (tertiary/aromatic N) is 2. The Kier molecular flexibility index (Phi) is 7.71. The zero-order chi connectivity index (χ0) is 26.4. The van der Waals surface area contributed by atoms with Gasteiger partial charge in [-0.1, -0.05) is 0 Å².